The summed E-state index contributed by atoms with van der Waals surface area (Å²) in [5, 5.41) is 6.95. The molecule has 0 aliphatic carbocycles. The van der Waals surface area contributed by atoms with E-state index in [1.54, 1.807) is 29.9 Å². The molecule has 22 heavy (non-hydrogen) atoms. The van der Waals surface area contributed by atoms with E-state index in [-0.39, 0.29) is 17.8 Å². The molecule has 6 heteroatoms. The average Bonchev–Trinajstić information content (AvgIpc) is 2.86. The Morgan fingerprint density at radius 1 is 1.36 bits per heavy atom. The molecule has 2 aromatic rings. The molecule has 1 aromatic carbocycles. The van der Waals surface area contributed by atoms with Crippen molar-refractivity contribution in [3.05, 3.63) is 41.8 Å². The third-order valence-corrected chi connectivity index (χ3v) is 3.09. The van der Waals surface area contributed by atoms with E-state index in [0.29, 0.717) is 18.8 Å². The molecule has 0 aliphatic heterocycles. The molecule has 0 radical (unpaired) electrons. The molecule has 0 unspecified atom stereocenters. The fourth-order valence-electron chi connectivity index (χ4n) is 2.02. The van der Waals surface area contributed by atoms with Gasteiger partial charge in [0.2, 0.25) is 0 Å². The molecule has 1 heterocycles. The number of aromatic nitrogens is 2. The number of hydrogen-bond donors (Lipinski definition) is 1. The van der Waals surface area contributed by atoms with Gasteiger partial charge < -0.3 is 10.1 Å². The summed E-state index contributed by atoms with van der Waals surface area (Å²) < 4.78 is 19.9. The van der Waals surface area contributed by atoms with Crippen molar-refractivity contribution in [2.45, 2.75) is 20.0 Å². The van der Waals surface area contributed by atoms with Crippen LogP contribution < -0.4 is 5.32 Å². The van der Waals surface area contributed by atoms with Gasteiger partial charge in [-0.05, 0) is 49.7 Å². The monoisotopic (exact) mass is 305 g/mol. The zero-order chi connectivity index (χ0) is 16.1. The van der Waals surface area contributed by atoms with Gasteiger partial charge in [-0.2, -0.15) is 5.10 Å². The van der Waals surface area contributed by atoms with Crippen molar-refractivity contribution in [1.29, 1.82) is 0 Å². The second-order valence-corrected chi connectivity index (χ2v) is 5.22. The fraction of sp³-hybridized carbons (Fsp3) is 0.375. The van der Waals surface area contributed by atoms with Crippen LogP contribution in [0.1, 0.15) is 24.3 Å². The number of ether oxygens (including phenoxy) is 1. The number of amides is 1. The summed E-state index contributed by atoms with van der Waals surface area (Å²) in [6, 6.07) is 7.76. The van der Waals surface area contributed by atoms with Crippen LogP contribution >= 0.6 is 0 Å². The maximum Gasteiger partial charge on any atom is 0.271 e. The Kier molecular flexibility index (Phi) is 5.27. The molecule has 1 N–H and O–H groups in total. The lowest BCUT2D eigenvalue weighted by Gasteiger charge is -2.07. The maximum absolute atomic E-state index is 13.0. The van der Waals surface area contributed by atoms with Crippen molar-refractivity contribution in [1.82, 2.24) is 15.1 Å². The standard InChI is InChI=1S/C16H20FN3O2/c1-11(2)22-9-8-18-16(21)14-10-15(20(3)19-14)12-4-6-13(17)7-5-12/h4-7,10-11H,8-9H2,1-3H3,(H,18,21). The fourth-order valence-corrected chi connectivity index (χ4v) is 2.02. The Morgan fingerprint density at radius 2 is 2.05 bits per heavy atom. The molecule has 0 saturated carbocycles. The minimum atomic E-state index is -0.297. The van der Waals surface area contributed by atoms with E-state index in [0.717, 1.165) is 11.3 Å². The minimum absolute atomic E-state index is 0.136. The lowest BCUT2D eigenvalue weighted by atomic mass is 10.1. The Balaban J connectivity index is 2.02. The average molecular weight is 305 g/mol. The van der Waals surface area contributed by atoms with Crippen LogP contribution in [0.4, 0.5) is 4.39 Å². The largest absolute Gasteiger partial charge is 0.377 e. The predicted octanol–water partition coefficient (Wildman–Crippen LogP) is 2.38. The number of carbonyl (C=O) groups is 1. The summed E-state index contributed by atoms with van der Waals surface area (Å²) in [5.41, 5.74) is 1.88. The minimum Gasteiger partial charge on any atom is -0.377 e. The Morgan fingerprint density at radius 3 is 2.68 bits per heavy atom. The van der Waals surface area contributed by atoms with Gasteiger partial charge in [-0.15, -0.1) is 0 Å². The van der Waals surface area contributed by atoms with E-state index in [1.165, 1.54) is 12.1 Å². The van der Waals surface area contributed by atoms with Crippen molar-refractivity contribution in [2.24, 2.45) is 7.05 Å². The number of rotatable bonds is 6. The molecule has 0 aliphatic rings. The van der Waals surface area contributed by atoms with Crippen LogP contribution in [0, 0.1) is 5.82 Å². The summed E-state index contributed by atoms with van der Waals surface area (Å²) in [4.78, 5) is 12.0. The van der Waals surface area contributed by atoms with Gasteiger partial charge in [-0.3, -0.25) is 9.48 Å². The molecular formula is C16H20FN3O2. The second kappa shape index (κ2) is 7.17. The van der Waals surface area contributed by atoms with Gasteiger partial charge in [-0.25, -0.2) is 4.39 Å². The summed E-state index contributed by atoms with van der Waals surface area (Å²) in [7, 11) is 1.75. The Hall–Kier alpha value is -2.21. The first-order valence-corrected chi connectivity index (χ1v) is 7.17. The summed E-state index contributed by atoms with van der Waals surface area (Å²) in [6.07, 6.45) is 0.136. The van der Waals surface area contributed by atoms with Crippen LogP contribution in [0.5, 0.6) is 0 Å². The highest BCUT2D eigenvalue weighted by atomic mass is 19.1. The number of aryl methyl sites for hydroxylation is 1. The van der Waals surface area contributed by atoms with Crippen molar-refractivity contribution < 1.29 is 13.9 Å². The molecule has 0 atom stereocenters. The highest BCUT2D eigenvalue weighted by Gasteiger charge is 2.13. The molecule has 0 fully saturated rings. The van der Waals surface area contributed by atoms with E-state index in [4.69, 9.17) is 4.74 Å². The van der Waals surface area contributed by atoms with Crippen LogP contribution in [-0.2, 0) is 11.8 Å². The summed E-state index contributed by atoms with van der Waals surface area (Å²) in [6.45, 7) is 4.77. The van der Waals surface area contributed by atoms with Gasteiger partial charge in [0.1, 0.15) is 5.82 Å². The molecule has 0 bridgehead atoms. The van der Waals surface area contributed by atoms with Crippen molar-refractivity contribution in [3.8, 4) is 11.3 Å². The first kappa shape index (κ1) is 16.2. The quantitative estimate of drug-likeness (QED) is 0.834. The van der Waals surface area contributed by atoms with E-state index in [1.807, 2.05) is 13.8 Å². The number of nitrogens with one attached hydrogen (secondary N) is 1. The van der Waals surface area contributed by atoms with Gasteiger partial charge in [0, 0.05) is 13.6 Å². The summed E-state index contributed by atoms with van der Waals surface area (Å²) in [5.74, 6) is -0.551. The lowest BCUT2D eigenvalue weighted by molar-refractivity contribution is 0.0744. The van der Waals surface area contributed by atoms with E-state index in [2.05, 4.69) is 10.4 Å². The summed E-state index contributed by atoms with van der Waals surface area (Å²) >= 11 is 0. The predicted molar refractivity (Wildman–Crippen MR) is 82.0 cm³/mol. The highest BCUT2D eigenvalue weighted by Crippen LogP contribution is 2.20. The Bertz CT molecular complexity index is 635. The number of carbonyl (C=O) groups excluding carboxylic acids is 1. The second-order valence-electron chi connectivity index (χ2n) is 5.22. The van der Waals surface area contributed by atoms with Gasteiger partial charge >= 0.3 is 0 Å². The third-order valence-electron chi connectivity index (χ3n) is 3.09. The number of halogens is 1. The molecule has 0 saturated heterocycles. The molecule has 5 nitrogen and oxygen atoms in total. The van der Waals surface area contributed by atoms with Gasteiger partial charge in [0.05, 0.1) is 18.4 Å². The smallest absolute Gasteiger partial charge is 0.271 e. The number of benzene rings is 1. The first-order valence-electron chi connectivity index (χ1n) is 7.17. The van der Waals surface area contributed by atoms with Crippen LogP contribution in [-0.4, -0.2) is 34.9 Å². The van der Waals surface area contributed by atoms with Crippen molar-refractivity contribution in [3.63, 3.8) is 0 Å². The molecule has 1 aromatic heterocycles. The first-order chi connectivity index (χ1) is 10.5. The molecule has 0 spiro atoms. The van der Waals surface area contributed by atoms with Crippen LogP contribution in [0.3, 0.4) is 0 Å². The number of hydrogen-bond acceptors (Lipinski definition) is 3. The van der Waals surface area contributed by atoms with Crippen LogP contribution in [0.25, 0.3) is 11.3 Å². The normalized spacial score (nSPS) is 11.0. The van der Waals surface area contributed by atoms with E-state index in [9.17, 15) is 9.18 Å². The molecular weight excluding hydrogens is 285 g/mol. The molecule has 118 valence electrons. The van der Waals surface area contributed by atoms with Crippen LogP contribution in [0.2, 0.25) is 0 Å². The number of nitrogens with zero attached hydrogens (tertiary/aromatic N) is 2. The molecule has 1 amide bonds. The SMILES string of the molecule is CC(C)OCCNC(=O)c1cc(-c2ccc(F)cc2)n(C)n1. The zero-order valence-corrected chi connectivity index (χ0v) is 13.0. The third kappa shape index (κ3) is 4.14. The van der Waals surface area contributed by atoms with Gasteiger partial charge in [0.15, 0.2) is 5.69 Å². The van der Waals surface area contributed by atoms with Gasteiger partial charge in [0.25, 0.3) is 5.91 Å². The zero-order valence-electron chi connectivity index (χ0n) is 13.0. The van der Waals surface area contributed by atoms with Gasteiger partial charge in [-0.1, -0.05) is 0 Å². The van der Waals surface area contributed by atoms with Crippen LogP contribution in [0.15, 0.2) is 30.3 Å². The lowest BCUT2D eigenvalue weighted by Crippen LogP contribution is -2.28. The van der Waals surface area contributed by atoms with Crippen molar-refractivity contribution in [2.75, 3.05) is 13.2 Å². The Labute approximate surface area is 129 Å². The maximum atomic E-state index is 13.0. The van der Waals surface area contributed by atoms with Crippen molar-refractivity contribution >= 4 is 5.91 Å². The highest BCUT2D eigenvalue weighted by molar-refractivity contribution is 5.93. The van der Waals surface area contributed by atoms with E-state index < -0.39 is 0 Å². The topological polar surface area (TPSA) is 56.1 Å². The molecule has 2 rings (SSSR count). The van der Waals surface area contributed by atoms with E-state index >= 15 is 0 Å².